The van der Waals surface area contributed by atoms with Gasteiger partial charge in [-0.25, -0.2) is 4.39 Å². The second-order valence-electron chi connectivity index (χ2n) is 4.13. The Kier molecular flexibility index (Phi) is 7.31. The summed E-state index contributed by atoms with van der Waals surface area (Å²) >= 11 is 5.67. The molecular formula is C14H21ClFNO2. The molecule has 0 aliphatic heterocycles. The van der Waals surface area contributed by atoms with Gasteiger partial charge in [-0.15, -0.1) is 0 Å². The number of rotatable bonds is 8. The van der Waals surface area contributed by atoms with Crippen LogP contribution in [0.4, 0.5) is 4.39 Å². The van der Waals surface area contributed by atoms with Gasteiger partial charge < -0.3 is 14.8 Å². The Hall–Kier alpha value is -0.680. The molecule has 108 valence electrons. The predicted molar refractivity (Wildman–Crippen MR) is 75.0 cm³/mol. The van der Waals surface area contributed by atoms with Gasteiger partial charge in [0.15, 0.2) is 6.29 Å². The standard InChI is InChI=1S/C14H21ClFNO2/c1-4-18-14(19-5-2)13(17-3)9-10-6-7-11(15)12(16)8-10/h6-8,13-14,17H,4-5,9H2,1-3H3. The van der Waals surface area contributed by atoms with E-state index in [9.17, 15) is 4.39 Å². The molecule has 0 aliphatic carbocycles. The molecule has 1 atom stereocenters. The van der Waals surface area contributed by atoms with Crippen LogP contribution < -0.4 is 5.32 Å². The van der Waals surface area contributed by atoms with E-state index in [1.807, 2.05) is 27.0 Å². The zero-order valence-corrected chi connectivity index (χ0v) is 12.3. The first-order valence-corrected chi connectivity index (χ1v) is 6.84. The number of hydrogen-bond acceptors (Lipinski definition) is 3. The number of benzene rings is 1. The lowest BCUT2D eigenvalue weighted by molar-refractivity contribution is -0.152. The van der Waals surface area contributed by atoms with Gasteiger partial charge in [0.25, 0.3) is 0 Å². The lowest BCUT2D eigenvalue weighted by atomic mass is 10.1. The Morgan fingerprint density at radius 2 is 1.89 bits per heavy atom. The smallest absolute Gasteiger partial charge is 0.172 e. The summed E-state index contributed by atoms with van der Waals surface area (Å²) in [6.45, 7) is 4.97. The third-order valence-electron chi connectivity index (χ3n) is 2.80. The molecule has 19 heavy (non-hydrogen) atoms. The van der Waals surface area contributed by atoms with E-state index in [1.54, 1.807) is 6.07 Å². The molecule has 0 saturated carbocycles. The van der Waals surface area contributed by atoms with Crippen molar-refractivity contribution in [2.24, 2.45) is 0 Å². The summed E-state index contributed by atoms with van der Waals surface area (Å²) in [7, 11) is 1.84. The maximum atomic E-state index is 13.4. The summed E-state index contributed by atoms with van der Waals surface area (Å²) in [6.07, 6.45) is 0.258. The summed E-state index contributed by atoms with van der Waals surface area (Å²) in [4.78, 5) is 0. The molecule has 0 amide bonds. The van der Waals surface area contributed by atoms with Crippen LogP contribution >= 0.6 is 11.6 Å². The maximum Gasteiger partial charge on any atom is 0.172 e. The molecule has 1 aromatic carbocycles. The first-order chi connectivity index (χ1) is 9.12. The first kappa shape index (κ1) is 16.4. The van der Waals surface area contributed by atoms with E-state index < -0.39 is 5.82 Å². The average Bonchev–Trinajstić information content (AvgIpc) is 2.40. The minimum Gasteiger partial charge on any atom is -0.351 e. The van der Waals surface area contributed by atoms with Crippen molar-refractivity contribution in [3.05, 3.63) is 34.6 Å². The van der Waals surface area contributed by atoms with Crippen molar-refractivity contribution in [1.82, 2.24) is 5.32 Å². The fourth-order valence-corrected chi connectivity index (χ4v) is 1.98. The van der Waals surface area contributed by atoms with Crippen LogP contribution in [0.25, 0.3) is 0 Å². The lowest BCUT2D eigenvalue weighted by Gasteiger charge is -2.26. The summed E-state index contributed by atoms with van der Waals surface area (Å²) < 4.78 is 24.5. The first-order valence-electron chi connectivity index (χ1n) is 6.46. The van der Waals surface area contributed by atoms with E-state index in [-0.39, 0.29) is 17.4 Å². The van der Waals surface area contributed by atoms with Gasteiger partial charge in [0.1, 0.15) is 5.82 Å². The van der Waals surface area contributed by atoms with Gasteiger partial charge in [-0.2, -0.15) is 0 Å². The van der Waals surface area contributed by atoms with Crippen LogP contribution in [-0.2, 0) is 15.9 Å². The summed E-state index contributed by atoms with van der Waals surface area (Å²) in [5, 5.41) is 3.28. The second kappa shape index (κ2) is 8.48. The number of likely N-dealkylation sites (N-methyl/N-ethyl adjacent to an activating group) is 1. The highest BCUT2D eigenvalue weighted by Gasteiger charge is 2.21. The molecule has 1 aromatic rings. The molecule has 0 radical (unpaired) electrons. The van der Waals surface area contributed by atoms with Crippen molar-refractivity contribution in [1.29, 1.82) is 0 Å². The van der Waals surface area contributed by atoms with Crippen molar-refractivity contribution in [2.75, 3.05) is 20.3 Å². The molecule has 1 rings (SSSR count). The Bertz CT molecular complexity index is 384. The SMILES string of the molecule is CCOC(OCC)C(Cc1ccc(Cl)c(F)c1)NC. The summed E-state index contributed by atoms with van der Waals surface area (Å²) in [5.41, 5.74) is 0.852. The molecular weight excluding hydrogens is 269 g/mol. The van der Waals surface area contributed by atoms with Crippen molar-refractivity contribution in [3.8, 4) is 0 Å². The highest BCUT2D eigenvalue weighted by molar-refractivity contribution is 6.30. The molecule has 5 heteroatoms. The molecule has 0 fully saturated rings. The van der Waals surface area contributed by atoms with Gasteiger partial charge in [-0.1, -0.05) is 17.7 Å². The summed E-state index contributed by atoms with van der Waals surface area (Å²) in [5.74, 6) is -0.404. The lowest BCUT2D eigenvalue weighted by Crippen LogP contribution is -2.42. The van der Waals surface area contributed by atoms with E-state index in [0.717, 1.165) is 5.56 Å². The molecule has 0 heterocycles. The molecule has 0 aliphatic rings. The fourth-order valence-electron chi connectivity index (χ4n) is 1.86. The van der Waals surface area contributed by atoms with Gasteiger partial charge in [0.05, 0.1) is 11.1 Å². The van der Waals surface area contributed by atoms with Gasteiger partial charge in [0, 0.05) is 13.2 Å². The quantitative estimate of drug-likeness (QED) is 0.746. The molecule has 0 spiro atoms. The Balaban J connectivity index is 2.75. The van der Waals surface area contributed by atoms with Crippen LogP contribution in [0.3, 0.4) is 0 Å². The zero-order valence-electron chi connectivity index (χ0n) is 11.6. The van der Waals surface area contributed by atoms with Crippen LogP contribution in [0.2, 0.25) is 5.02 Å². The monoisotopic (exact) mass is 289 g/mol. The molecule has 1 N–H and O–H groups in total. The Labute approximate surface area is 119 Å². The number of halogens is 2. The molecule has 0 saturated heterocycles. The molecule has 0 bridgehead atoms. The van der Waals surface area contributed by atoms with Crippen molar-refractivity contribution in [2.45, 2.75) is 32.6 Å². The Morgan fingerprint density at radius 1 is 1.26 bits per heavy atom. The zero-order chi connectivity index (χ0) is 14.3. The minimum absolute atomic E-state index is 0.0412. The largest absolute Gasteiger partial charge is 0.351 e. The van der Waals surface area contributed by atoms with Crippen LogP contribution in [-0.4, -0.2) is 32.6 Å². The summed E-state index contributed by atoms with van der Waals surface area (Å²) in [6, 6.07) is 4.78. The minimum atomic E-state index is -0.404. The van der Waals surface area contributed by atoms with Crippen LogP contribution in [0, 0.1) is 5.82 Å². The molecule has 0 aromatic heterocycles. The van der Waals surface area contributed by atoms with Crippen molar-refractivity contribution < 1.29 is 13.9 Å². The van der Waals surface area contributed by atoms with Crippen molar-refractivity contribution >= 4 is 11.6 Å². The van der Waals surface area contributed by atoms with Crippen LogP contribution in [0.5, 0.6) is 0 Å². The van der Waals surface area contributed by atoms with E-state index in [0.29, 0.717) is 19.6 Å². The van der Waals surface area contributed by atoms with Gasteiger partial charge >= 0.3 is 0 Å². The normalized spacial score (nSPS) is 12.9. The van der Waals surface area contributed by atoms with Gasteiger partial charge in [-0.05, 0) is 45.0 Å². The van der Waals surface area contributed by atoms with E-state index in [4.69, 9.17) is 21.1 Å². The Morgan fingerprint density at radius 3 is 2.37 bits per heavy atom. The number of ether oxygens (including phenoxy) is 2. The highest BCUT2D eigenvalue weighted by Crippen LogP contribution is 2.17. The van der Waals surface area contributed by atoms with E-state index >= 15 is 0 Å². The molecule has 3 nitrogen and oxygen atoms in total. The predicted octanol–water partition coefficient (Wildman–Crippen LogP) is 3.01. The fraction of sp³-hybridized carbons (Fsp3) is 0.571. The third kappa shape index (κ3) is 5.07. The topological polar surface area (TPSA) is 30.5 Å². The van der Waals surface area contributed by atoms with Crippen LogP contribution in [0.1, 0.15) is 19.4 Å². The third-order valence-corrected chi connectivity index (χ3v) is 3.11. The molecule has 1 unspecified atom stereocenters. The highest BCUT2D eigenvalue weighted by atomic mass is 35.5. The van der Waals surface area contributed by atoms with E-state index in [2.05, 4.69) is 5.32 Å². The number of nitrogens with one attached hydrogen (secondary N) is 1. The van der Waals surface area contributed by atoms with E-state index in [1.165, 1.54) is 6.07 Å². The van der Waals surface area contributed by atoms with Crippen LogP contribution in [0.15, 0.2) is 18.2 Å². The maximum absolute atomic E-state index is 13.4. The van der Waals surface area contributed by atoms with Gasteiger partial charge in [0.2, 0.25) is 0 Å². The average molecular weight is 290 g/mol. The van der Waals surface area contributed by atoms with Crippen molar-refractivity contribution in [3.63, 3.8) is 0 Å². The number of hydrogen-bond donors (Lipinski definition) is 1. The second-order valence-corrected chi connectivity index (χ2v) is 4.53. The van der Waals surface area contributed by atoms with Gasteiger partial charge in [-0.3, -0.25) is 0 Å².